The summed E-state index contributed by atoms with van der Waals surface area (Å²) in [4.78, 5) is 17.3. The minimum Gasteiger partial charge on any atom is -0.388 e. The molecule has 0 amide bonds. The van der Waals surface area contributed by atoms with Gasteiger partial charge in [0.05, 0.1) is 24.0 Å². The van der Waals surface area contributed by atoms with Gasteiger partial charge in [0, 0.05) is 0 Å². The fraction of sp³-hybridized carbons (Fsp3) is 0.450. The van der Waals surface area contributed by atoms with Gasteiger partial charge in [0.25, 0.3) is 5.56 Å². The highest BCUT2D eigenvalue weighted by Gasteiger charge is 2.30. The number of rotatable bonds is 4. The van der Waals surface area contributed by atoms with Gasteiger partial charge in [0.15, 0.2) is 5.65 Å². The van der Waals surface area contributed by atoms with Gasteiger partial charge in [-0.3, -0.25) is 9.36 Å². The quantitative estimate of drug-likeness (QED) is 0.735. The summed E-state index contributed by atoms with van der Waals surface area (Å²) in [5, 5.41) is 18.8. The van der Waals surface area contributed by atoms with Crippen LogP contribution in [-0.4, -0.2) is 43.1 Å². The smallest absolute Gasteiger partial charge is 0.264 e. The Hall–Kier alpha value is -2.51. The molecule has 0 radical (unpaired) electrons. The van der Waals surface area contributed by atoms with Gasteiger partial charge in [-0.2, -0.15) is 5.10 Å². The molecule has 1 aliphatic heterocycles. The molecule has 0 aliphatic carbocycles. The van der Waals surface area contributed by atoms with E-state index in [-0.39, 0.29) is 12.1 Å². The van der Waals surface area contributed by atoms with Gasteiger partial charge in [0.2, 0.25) is 0 Å². The SMILES string of the molecule is CC(C)c1ccc(-n2ncc3c(=O)n(CC4(O)CCNCC4)cnc32)cc1. The Morgan fingerprint density at radius 3 is 2.59 bits per heavy atom. The number of hydrogen-bond donors (Lipinski definition) is 2. The van der Waals surface area contributed by atoms with Crippen molar-refractivity contribution in [2.45, 2.75) is 44.8 Å². The predicted octanol–water partition coefficient (Wildman–Crippen LogP) is 1.82. The zero-order valence-corrected chi connectivity index (χ0v) is 15.7. The molecule has 1 fully saturated rings. The van der Waals surface area contributed by atoms with Crippen LogP contribution in [0.1, 0.15) is 38.2 Å². The van der Waals surface area contributed by atoms with Crippen molar-refractivity contribution in [3.63, 3.8) is 0 Å². The number of nitrogens with zero attached hydrogens (tertiary/aromatic N) is 4. The number of hydrogen-bond acceptors (Lipinski definition) is 5. The highest BCUT2D eigenvalue weighted by molar-refractivity contribution is 5.74. The maximum atomic E-state index is 12.9. The monoisotopic (exact) mass is 367 g/mol. The third kappa shape index (κ3) is 3.40. The van der Waals surface area contributed by atoms with E-state index in [1.54, 1.807) is 10.9 Å². The van der Waals surface area contributed by atoms with E-state index in [1.807, 2.05) is 12.1 Å². The lowest BCUT2D eigenvalue weighted by atomic mass is 9.92. The summed E-state index contributed by atoms with van der Waals surface area (Å²) in [6.07, 6.45) is 4.33. The van der Waals surface area contributed by atoms with Crippen molar-refractivity contribution >= 4 is 11.0 Å². The lowest BCUT2D eigenvalue weighted by Gasteiger charge is -2.32. The van der Waals surface area contributed by atoms with Crippen LogP contribution in [0.2, 0.25) is 0 Å². The minimum atomic E-state index is -0.868. The van der Waals surface area contributed by atoms with Crippen LogP contribution in [0, 0.1) is 0 Å². The zero-order chi connectivity index (χ0) is 19.0. The molecule has 142 valence electrons. The molecule has 27 heavy (non-hydrogen) atoms. The van der Waals surface area contributed by atoms with Gasteiger partial charge < -0.3 is 10.4 Å². The van der Waals surface area contributed by atoms with Crippen LogP contribution in [0.4, 0.5) is 0 Å². The first-order chi connectivity index (χ1) is 13.0. The van der Waals surface area contributed by atoms with E-state index in [2.05, 4.69) is 41.4 Å². The minimum absolute atomic E-state index is 0.169. The van der Waals surface area contributed by atoms with E-state index in [9.17, 15) is 9.90 Å². The van der Waals surface area contributed by atoms with Crippen molar-refractivity contribution in [2.75, 3.05) is 13.1 Å². The van der Waals surface area contributed by atoms with Crippen LogP contribution in [-0.2, 0) is 6.54 Å². The number of nitrogens with one attached hydrogen (secondary N) is 1. The maximum Gasteiger partial charge on any atom is 0.264 e. The first kappa shape index (κ1) is 17.9. The van der Waals surface area contributed by atoms with Gasteiger partial charge in [-0.15, -0.1) is 0 Å². The molecule has 0 atom stereocenters. The van der Waals surface area contributed by atoms with Gasteiger partial charge in [-0.05, 0) is 49.5 Å². The summed E-state index contributed by atoms with van der Waals surface area (Å²) >= 11 is 0. The van der Waals surface area contributed by atoms with Crippen LogP contribution >= 0.6 is 0 Å². The molecule has 0 unspecified atom stereocenters. The van der Waals surface area contributed by atoms with Crippen molar-refractivity contribution < 1.29 is 5.11 Å². The Kier molecular flexibility index (Phi) is 4.57. The molecule has 3 aromatic rings. The lowest BCUT2D eigenvalue weighted by Crippen LogP contribution is -2.46. The second-order valence-electron chi connectivity index (χ2n) is 7.69. The van der Waals surface area contributed by atoms with Crippen molar-refractivity contribution in [1.29, 1.82) is 0 Å². The molecule has 2 aromatic heterocycles. The molecule has 7 nitrogen and oxygen atoms in total. The highest BCUT2D eigenvalue weighted by Crippen LogP contribution is 2.21. The Morgan fingerprint density at radius 2 is 1.93 bits per heavy atom. The summed E-state index contributed by atoms with van der Waals surface area (Å²) in [6, 6.07) is 8.13. The molecule has 0 spiro atoms. The third-order valence-electron chi connectivity index (χ3n) is 5.36. The molecule has 1 saturated heterocycles. The molecule has 0 bridgehead atoms. The van der Waals surface area contributed by atoms with E-state index in [4.69, 9.17) is 0 Å². The van der Waals surface area contributed by atoms with Crippen molar-refractivity contribution in [3.8, 4) is 5.69 Å². The summed E-state index contributed by atoms with van der Waals surface area (Å²) in [5.41, 5.74) is 1.62. The Labute approximate surface area is 157 Å². The molecular formula is C20H25N5O2. The second kappa shape index (κ2) is 6.90. The molecule has 7 heteroatoms. The topological polar surface area (TPSA) is 85.0 Å². The van der Waals surface area contributed by atoms with E-state index in [0.29, 0.717) is 29.8 Å². The molecular weight excluding hydrogens is 342 g/mol. The average Bonchev–Trinajstić information content (AvgIpc) is 3.09. The molecule has 2 N–H and O–H groups in total. The van der Waals surface area contributed by atoms with Gasteiger partial charge in [0.1, 0.15) is 11.7 Å². The van der Waals surface area contributed by atoms with Crippen LogP contribution in [0.15, 0.2) is 41.6 Å². The lowest BCUT2D eigenvalue weighted by molar-refractivity contribution is -0.00627. The van der Waals surface area contributed by atoms with Crippen LogP contribution in [0.5, 0.6) is 0 Å². The number of aromatic nitrogens is 4. The first-order valence-electron chi connectivity index (χ1n) is 9.43. The Balaban J connectivity index is 1.68. The Bertz CT molecular complexity index is 997. The average molecular weight is 367 g/mol. The molecule has 3 heterocycles. The largest absolute Gasteiger partial charge is 0.388 e. The predicted molar refractivity (Wildman–Crippen MR) is 104 cm³/mol. The Morgan fingerprint density at radius 1 is 1.22 bits per heavy atom. The van der Waals surface area contributed by atoms with Crippen molar-refractivity contribution in [3.05, 3.63) is 52.7 Å². The maximum absolute atomic E-state index is 12.9. The summed E-state index contributed by atoms with van der Waals surface area (Å²) in [6.45, 7) is 6.07. The van der Waals surface area contributed by atoms with Crippen LogP contribution in [0.25, 0.3) is 16.7 Å². The fourth-order valence-electron chi connectivity index (χ4n) is 3.62. The number of piperidine rings is 1. The molecule has 1 aliphatic rings. The van der Waals surface area contributed by atoms with Gasteiger partial charge >= 0.3 is 0 Å². The number of benzene rings is 1. The molecule has 4 rings (SSSR count). The third-order valence-corrected chi connectivity index (χ3v) is 5.36. The second-order valence-corrected chi connectivity index (χ2v) is 7.69. The van der Waals surface area contributed by atoms with Crippen molar-refractivity contribution in [1.82, 2.24) is 24.6 Å². The van der Waals surface area contributed by atoms with E-state index < -0.39 is 5.60 Å². The summed E-state index contributed by atoms with van der Waals surface area (Å²) in [7, 11) is 0. The van der Waals surface area contributed by atoms with Gasteiger partial charge in [-0.1, -0.05) is 26.0 Å². The van der Waals surface area contributed by atoms with Crippen LogP contribution in [0.3, 0.4) is 0 Å². The number of aliphatic hydroxyl groups is 1. The normalized spacial score (nSPS) is 16.9. The van der Waals surface area contributed by atoms with E-state index in [1.165, 1.54) is 16.5 Å². The summed E-state index contributed by atoms with van der Waals surface area (Å²) in [5.74, 6) is 0.458. The van der Waals surface area contributed by atoms with Crippen LogP contribution < -0.4 is 10.9 Å². The van der Waals surface area contributed by atoms with E-state index >= 15 is 0 Å². The fourth-order valence-corrected chi connectivity index (χ4v) is 3.62. The number of fused-ring (bicyclic) bond motifs is 1. The molecule has 0 saturated carbocycles. The first-order valence-corrected chi connectivity index (χ1v) is 9.43. The van der Waals surface area contributed by atoms with Crippen molar-refractivity contribution in [2.24, 2.45) is 0 Å². The highest BCUT2D eigenvalue weighted by atomic mass is 16.3. The van der Waals surface area contributed by atoms with Gasteiger partial charge in [-0.25, -0.2) is 9.67 Å². The summed E-state index contributed by atoms with van der Waals surface area (Å²) < 4.78 is 3.19. The standard InChI is InChI=1S/C20H25N5O2/c1-14(2)15-3-5-16(6-4-15)25-18-17(11-23-25)19(26)24(13-22-18)12-20(27)7-9-21-10-8-20/h3-6,11,13-14,21,27H,7-10,12H2,1-2H3. The van der Waals surface area contributed by atoms with E-state index in [0.717, 1.165) is 18.8 Å². The zero-order valence-electron chi connectivity index (χ0n) is 15.7. The molecule has 1 aromatic carbocycles.